The number of piperidine rings is 2. The predicted molar refractivity (Wildman–Crippen MR) is 117 cm³/mol. The van der Waals surface area contributed by atoms with Crippen molar-refractivity contribution in [1.29, 1.82) is 0 Å². The molecule has 8 heteroatoms. The maximum absolute atomic E-state index is 14.1. The molecule has 3 aromatic rings. The second kappa shape index (κ2) is 8.18. The second-order valence-corrected chi connectivity index (χ2v) is 8.43. The summed E-state index contributed by atoms with van der Waals surface area (Å²) in [4.78, 5) is 42.0. The largest absolute Gasteiger partial charge is 0.338 e. The molecule has 5 rings (SSSR count). The van der Waals surface area contributed by atoms with Gasteiger partial charge < -0.3 is 9.80 Å². The molecule has 7 nitrogen and oxygen atoms in total. The zero-order valence-electron chi connectivity index (χ0n) is 17.5. The second-order valence-electron chi connectivity index (χ2n) is 8.43. The Bertz CT molecular complexity index is 1260. The number of benzene rings is 2. The molecular formula is C24H23FN4O3. The van der Waals surface area contributed by atoms with Gasteiger partial charge in [-0.25, -0.2) is 9.49 Å². The SMILES string of the molecule is O=C(c1ccccc1F)N1CC[C@H]2[C@H](CCCN2C(=O)c2n[nH]c(=O)c3ccccc23)C1. The molecule has 2 atom stereocenters. The summed E-state index contributed by atoms with van der Waals surface area (Å²) in [5.74, 6) is -0.915. The van der Waals surface area contributed by atoms with Crippen LogP contribution in [0.4, 0.5) is 4.39 Å². The van der Waals surface area contributed by atoms with Gasteiger partial charge in [-0.2, -0.15) is 5.10 Å². The molecule has 3 heterocycles. The normalized spacial score (nSPS) is 20.8. The zero-order chi connectivity index (χ0) is 22.2. The molecule has 2 aliphatic heterocycles. The maximum atomic E-state index is 14.1. The molecule has 164 valence electrons. The minimum absolute atomic E-state index is 0.0200. The Kier molecular flexibility index (Phi) is 5.20. The monoisotopic (exact) mass is 434 g/mol. The molecule has 2 aliphatic rings. The lowest BCUT2D eigenvalue weighted by molar-refractivity contribution is 0.0193. The van der Waals surface area contributed by atoms with Gasteiger partial charge in [-0.05, 0) is 43.4 Å². The number of rotatable bonds is 2. The van der Waals surface area contributed by atoms with Gasteiger partial charge in [0.25, 0.3) is 17.4 Å². The van der Waals surface area contributed by atoms with Crippen molar-refractivity contribution in [3.63, 3.8) is 0 Å². The number of nitrogens with zero attached hydrogens (tertiary/aromatic N) is 3. The van der Waals surface area contributed by atoms with Crippen LogP contribution in [0.25, 0.3) is 10.8 Å². The highest BCUT2D eigenvalue weighted by Gasteiger charge is 2.40. The summed E-state index contributed by atoms with van der Waals surface area (Å²) in [6.45, 7) is 1.55. The van der Waals surface area contributed by atoms with E-state index in [1.807, 2.05) is 4.90 Å². The lowest BCUT2D eigenvalue weighted by atomic mass is 9.83. The fraction of sp³-hybridized carbons (Fsp3) is 0.333. The first-order valence-electron chi connectivity index (χ1n) is 10.9. The Morgan fingerprint density at radius 2 is 1.72 bits per heavy atom. The van der Waals surface area contributed by atoms with E-state index >= 15 is 0 Å². The van der Waals surface area contributed by atoms with Gasteiger partial charge in [-0.1, -0.05) is 30.3 Å². The van der Waals surface area contributed by atoms with Crippen LogP contribution in [-0.4, -0.2) is 57.5 Å². The van der Waals surface area contributed by atoms with Gasteiger partial charge in [0.2, 0.25) is 0 Å². The van der Waals surface area contributed by atoms with Crippen LogP contribution in [-0.2, 0) is 0 Å². The first-order chi connectivity index (χ1) is 15.5. The Labute approximate surface area is 183 Å². The molecule has 2 saturated heterocycles. The van der Waals surface area contributed by atoms with E-state index in [0.717, 1.165) is 12.8 Å². The Morgan fingerprint density at radius 3 is 2.53 bits per heavy atom. The van der Waals surface area contributed by atoms with Gasteiger partial charge in [-0.15, -0.1) is 0 Å². The lowest BCUT2D eigenvalue weighted by Crippen LogP contribution is -2.56. The number of aromatic amines is 1. The maximum Gasteiger partial charge on any atom is 0.275 e. The molecule has 0 saturated carbocycles. The number of H-pyrrole nitrogens is 1. The Balaban J connectivity index is 1.38. The summed E-state index contributed by atoms with van der Waals surface area (Å²) in [5.41, 5.74) is -0.00190. The number of aromatic nitrogens is 2. The van der Waals surface area contributed by atoms with Gasteiger partial charge in [0.05, 0.1) is 10.9 Å². The molecule has 0 radical (unpaired) electrons. The van der Waals surface area contributed by atoms with Crippen LogP contribution >= 0.6 is 0 Å². The Morgan fingerprint density at radius 1 is 0.969 bits per heavy atom. The molecular weight excluding hydrogens is 411 g/mol. The van der Waals surface area contributed by atoms with Crippen LogP contribution in [0, 0.1) is 11.7 Å². The van der Waals surface area contributed by atoms with E-state index < -0.39 is 5.82 Å². The molecule has 1 aromatic heterocycles. The number of halogens is 1. The number of hydrogen-bond acceptors (Lipinski definition) is 4. The van der Waals surface area contributed by atoms with Crippen LogP contribution in [0.2, 0.25) is 0 Å². The summed E-state index contributed by atoms with van der Waals surface area (Å²) in [6.07, 6.45) is 2.34. The summed E-state index contributed by atoms with van der Waals surface area (Å²) < 4.78 is 14.1. The highest BCUT2D eigenvalue weighted by molar-refractivity contribution is 6.05. The van der Waals surface area contributed by atoms with Crippen LogP contribution in [0.5, 0.6) is 0 Å². The first kappa shape index (κ1) is 20.4. The molecule has 32 heavy (non-hydrogen) atoms. The predicted octanol–water partition coefficient (Wildman–Crippen LogP) is 2.83. The van der Waals surface area contributed by atoms with E-state index in [4.69, 9.17) is 0 Å². The van der Waals surface area contributed by atoms with Crippen molar-refractivity contribution in [2.75, 3.05) is 19.6 Å². The van der Waals surface area contributed by atoms with E-state index in [1.165, 1.54) is 12.1 Å². The van der Waals surface area contributed by atoms with Crippen molar-refractivity contribution in [2.24, 2.45) is 5.92 Å². The van der Waals surface area contributed by atoms with Crippen LogP contribution in [0.3, 0.4) is 0 Å². The average molecular weight is 434 g/mol. The van der Waals surface area contributed by atoms with Crippen LogP contribution < -0.4 is 5.56 Å². The molecule has 2 fully saturated rings. The van der Waals surface area contributed by atoms with E-state index in [-0.39, 0.29) is 40.6 Å². The minimum atomic E-state index is -0.518. The van der Waals surface area contributed by atoms with Crippen LogP contribution in [0.1, 0.15) is 40.1 Å². The van der Waals surface area contributed by atoms with Crippen molar-refractivity contribution in [3.8, 4) is 0 Å². The smallest absolute Gasteiger partial charge is 0.275 e. The Hall–Kier alpha value is -3.55. The van der Waals surface area contributed by atoms with E-state index in [1.54, 1.807) is 41.3 Å². The van der Waals surface area contributed by atoms with Crippen molar-refractivity contribution < 1.29 is 14.0 Å². The van der Waals surface area contributed by atoms with Crippen LogP contribution in [0.15, 0.2) is 53.3 Å². The van der Waals surface area contributed by atoms with Crippen molar-refractivity contribution in [2.45, 2.75) is 25.3 Å². The van der Waals surface area contributed by atoms with Gasteiger partial charge in [-0.3, -0.25) is 14.4 Å². The highest BCUT2D eigenvalue weighted by Crippen LogP contribution is 2.32. The molecule has 0 spiro atoms. The lowest BCUT2D eigenvalue weighted by Gasteiger charge is -2.47. The molecule has 2 aromatic carbocycles. The van der Waals surface area contributed by atoms with E-state index in [0.29, 0.717) is 36.8 Å². The summed E-state index contributed by atoms with van der Waals surface area (Å²) in [6, 6.07) is 13.0. The van der Waals surface area contributed by atoms with Gasteiger partial charge >= 0.3 is 0 Å². The standard InChI is InChI=1S/C24H23FN4O3/c25-19-10-4-3-9-18(19)23(31)28-13-11-20-15(14-28)6-5-12-29(20)24(32)21-16-7-1-2-8-17(16)22(30)27-26-21/h1-4,7-10,15,20H,5-6,11-14H2,(H,27,30)/t15-,20+/m1/s1. The first-order valence-corrected chi connectivity index (χ1v) is 10.9. The highest BCUT2D eigenvalue weighted by atomic mass is 19.1. The van der Waals surface area contributed by atoms with Gasteiger partial charge in [0.15, 0.2) is 5.69 Å². The van der Waals surface area contributed by atoms with E-state index in [9.17, 15) is 18.8 Å². The molecule has 1 N–H and O–H groups in total. The van der Waals surface area contributed by atoms with Crippen molar-refractivity contribution in [3.05, 3.63) is 76.0 Å². The number of fused-ring (bicyclic) bond motifs is 2. The van der Waals surface area contributed by atoms with Crippen molar-refractivity contribution in [1.82, 2.24) is 20.0 Å². The third-order valence-corrected chi connectivity index (χ3v) is 6.62. The molecule has 0 unspecified atom stereocenters. The average Bonchev–Trinajstić information content (AvgIpc) is 2.83. The summed E-state index contributed by atoms with van der Waals surface area (Å²) >= 11 is 0. The van der Waals surface area contributed by atoms with Crippen molar-refractivity contribution >= 4 is 22.6 Å². The number of carbonyl (C=O) groups excluding carboxylic acids is 2. The molecule has 0 aliphatic carbocycles. The third kappa shape index (κ3) is 3.45. The number of nitrogens with one attached hydrogen (secondary N) is 1. The zero-order valence-corrected chi connectivity index (χ0v) is 17.5. The molecule has 2 amide bonds. The summed E-state index contributed by atoms with van der Waals surface area (Å²) in [5, 5.41) is 7.49. The fourth-order valence-electron chi connectivity index (χ4n) is 5.06. The minimum Gasteiger partial charge on any atom is -0.338 e. The third-order valence-electron chi connectivity index (χ3n) is 6.62. The molecule has 0 bridgehead atoms. The number of amides is 2. The fourth-order valence-corrected chi connectivity index (χ4v) is 5.06. The number of likely N-dealkylation sites (tertiary alicyclic amines) is 2. The topological polar surface area (TPSA) is 86.4 Å². The van der Waals surface area contributed by atoms with Gasteiger partial charge in [0.1, 0.15) is 5.82 Å². The quantitative estimate of drug-likeness (QED) is 0.672. The number of hydrogen-bond donors (Lipinski definition) is 1. The summed E-state index contributed by atoms with van der Waals surface area (Å²) in [7, 11) is 0. The van der Waals surface area contributed by atoms with Gasteiger partial charge in [0, 0.05) is 31.1 Å². The number of carbonyl (C=O) groups is 2. The van der Waals surface area contributed by atoms with E-state index in [2.05, 4.69) is 10.2 Å².